The Hall–Kier alpha value is 0.590. The molecule has 0 aliphatic heterocycles. The summed E-state index contributed by atoms with van der Waals surface area (Å²) in [4.78, 5) is 4.30. The average Bonchev–Trinajstić information content (AvgIpc) is 2.04. The lowest BCUT2D eigenvalue weighted by Crippen LogP contribution is -1.89. The highest BCUT2D eigenvalue weighted by molar-refractivity contribution is 9.10. The molecule has 1 nitrogen and oxygen atoms in total. The number of pyridine rings is 1. The van der Waals surface area contributed by atoms with Crippen LogP contribution in [0.4, 0.5) is 0 Å². The zero-order valence-corrected chi connectivity index (χ0v) is 10.4. The second-order valence-electron chi connectivity index (χ2n) is 2.02. The smallest absolute Gasteiger partial charge is 0.110 e. The Morgan fingerprint density at radius 3 is 2.36 bits per heavy atom. The van der Waals surface area contributed by atoms with E-state index in [1.165, 1.54) is 5.56 Å². The largest absolute Gasteiger partial charge is 0.245 e. The molecule has 0 radical (unpaired) electrons. The Morgan fingerprint density at radius 2 is 1.91 bits per heavy atom. The van der Waals surface area contributed by atoms with E-state index in [1.54, 1.807) is 0 Å². The van der Waals surface area contributed by atoms with Crippen LogP contribution in [0.2, 0.25) is 0 Å². The van der Waals surface area contributed by atoms with Gasteiger partial charge in [-0.1, -0.05) is 37.9 Å². The zero-order chi connectivity index (χ0) is 8.27. The van der Waals surface area contributed by atoms with Gasteiger partial charge in [-0.15, -0.1) is 0 Å². The van der Waals surface area contributed by atoms with E-state index in [2.05, 4.69) is 58.8 Å². The number of rotatable bonds is 2. The number of nitrogens with zero attached hydrogens (tertiary/aromatic N) is 1. The van der Waals surface area contributed by atoms with Gasteiger partial charge in [0.05, 0.1) is 5.69 Å². The van der Waals surface area contributed by atoms with Crippen LogP contribution in [0.5, 0.6) is 0 Å². The topological polar surface area (TPSA) is 12.9 Å². The lowest BCUT2D eigenvalue weighted by Gasteiger charge is -2.00. The number of alkyl halides is 2. The minimum Gasteiger partial charge on any atom is -0.245 e. The average molecular weight is 344 g/mol. The summed E-state index contributed by atoms with van der Waals surface area (Å²) in [6.45, 7) is 0. The first-order valence-corrected chi connectivity index (χ1v) is 6.07. The summed E-state index contributed by atoms with van der Waals surface area (Å²) in [5.74, 6) is 0. The summed E-state index contributed by atoms with van der Waals surface area (Å²) in [5.41, 5.74) is 2.22. The van der Waals surface area contributed by atoms with Crippen molar-refractivity contribution in [1.29, 1.82) is 0 Å². The fourth-order valence-corrected chi connectivity index (χ4v) is 2.32. The van der Waals surface area contributed by atoms with Gasteiger partial charge in [-0.25, -0.2) is 4.98 Å². The molecule has 1 aromatic heterocycles. The minimum atomic E-state index is 0.800. The second-order valence-corrected chi connectivity index (χ2v) is 3.89. The molecule has 0 atom stereocenters. The molecule has 1 rings (SSSR count). The third-order valence-electron chi connectivity index (χ3n) is 1.26. The monoisotopic (exact) mass is 341 g/mol. The van der Waals surface area contributed by atoms with Gasteiger partial charge in [0.25, 0.3) is 0 Å². The third-order valence-corrected chi connectivity index (χ3v) is 3.13. The molecule has 11 heavy (non-hydrogen) atoms. The summed E-state index contributed by atoms with van der Waals surface area (Å²) >= 11 is 10.1. The first-order chi connectivity index (χ1) is 5.27. The van der Waals surface area contributed by atoms with Crippen molar-refractivity contribution in [2.75, 3.05) is 0 Å². The lowest BCUT2D eigenvalue weighted by atomic mass is 10.3. The van der Waals surface area contributed by atoms with Crippen LogP contribution in [-0.2, 0) is 10.7 Å². The predicted molar refractivity (Wildman–Crippen MR) is 57.2 cm³/mol. The molecule has 0 spiro atoms. The molecule has 1 heterocycles. The van der Waals surface area contributed by atoms with Crippen LogP contribution < -0.4 is 0 Å². The molecule has 1 aromatic rings. The van der Waals surface area contributed by atoms with Gasteiger partial charge in [0.2, 0.25) is 0 Å². The van der Waals surface area contributed by atoms with Crippen molar-refractivity contribution in [2.45, 2.75) is 10.7 Å². The number of hydrogen-bond donors (Lipinski definition) is 0. The highest BCUT2D eigenvalue weighted by atomic mass is 79.9. The molecule has 0 N–H and O–H groups in total. The summed E-state index contributed by atoms with van der Waals surface area (Å²) in [7, 11) is 0. The van der Waals surface area contributed by atoms with E-state index < -0.39 is 0 Å². The summed E-state index contributed by atoms with van der Waals surface area (Å²) < 4.78 is 0.923. The second kappa shape index (κ2) is 4.58. The van der Waals surface area contributed by atoms with Crippen molar-refractivity contribution >= 4 is 47.8 Å². The van der Waals surface area contributed by atoms with Crippen molar-refractivity contribution in [2.24, 2.45) is 0 Å². The van der Waals surface area contributed by atoms with Crippen LogP contribution in [0.1, 0.15) is 11.3 Å². The van der Waals surface area contributed by atoms with Gasteiger partial charge in [0.1, 0.15) is 4.60 Å². The molecule has 0 unspecified atom stereocenters. The number of halogens is 3. The minimum absolute atomic E-state index is 0.800. The molecule has 0 aromatic carbocycles. The van der Waals surface area contributed by atoms with Crippen LogP contribution in [-0.4, -0.2) is 4.98 Å². The molecule has 0 saturated carbocycles. The Balaban J connectivity index is 2.99. The van der Waals surface area contributed by atoms with E-state index in [1.807, 2.05) is 6.07 Å². The third kappa shape index (κ3) is 2.53. The molecule has 0 bridgehead atoms. The van der Waals surface area contributed by atoms with E-state index in [-0.39, 0.29) is 0 Å². The fourth-order valence-electron chi connectivity index (χ4n) is 0.675. The summed E-state index contributed by atoms with van der Waals surface area (Å²) in [6, 6.07) is 4.07. The molecule has 4 heteroatoms. The van der Waals surface area contributed by atoms with Gasteiger partial charge in [0, 0.05) is 10.7 Å². The van der Waals surface area contributed by atoms with Crippen molar-refractivity contribution in [3.8, 4) is 0 Å². The van der Waals surface area contributed by atoms with Gasteiger partial charge >= 0.3 is 0 Å². The Bertz CT molecular complexity index is 249. The predicted octanol–water partition coefficient (Wildman–Crippen LogP) is 3.63. The van der Waals surface area contributed by atoms with Gasteiger partial charge in [-0.05, 0) is 27.6 Å². The summed E-state index contributed by atoms with van der Waals surface area (Å²) in [5, 5.41) is 1.64. The van der Waals surface area contributed by atoms with Crippen LogP contribution in [0, 0.1) is 0 Å². The summed E-state index contributed by atoms with van der Waals surface area (Å²) in [6.07, 6.45) is 0. The van der Waals surface area contributed by atoms with Gasteiger partial charge in [-0.3, -0.25) is 0 Å². The molecule has 0 amide bonds. The van der Waals surface area contributed by atoms with Crippen LogP contribution in [0.15, 0.2) is 16.7 Å². The standard InChI is InChI=1S/C7H6Br3N/c8-3-5-1-2-6(4-9)11-7(5)10/h1-2H,3-4H2. The molecule has 0 aliphatic carbocycles. The van der Waals surface area contributed by atoms with Crippen molar-refractivity contribution in [3.05, 3.63) is 28.0 Å². The molecular formula is C7H6Br3N. The maximum absolute atomic E-state index is 4.30. The molecule has 0 fully saturated rings. The van der Waals surface area contributed by atoms with E-state index in [4.69, 9.17) is 0 Å². The normalized spacial score (nSPS) is 10.1. The maximum Gasteiger partial charge on any atom is 0.110 e. The van der Waals surface area contributed by atoms with E-state index in [9.17, 15) is 0 Å². The maximum atomic E-state index is 4.30. The molecule has 0 aliphatic rings. The van der Waals surface area contributed by atoms with Gasteiger partial charge in [-0.2, -0.15) is 0 Å². The number of aromatic nitrogens is 1. The fraction of sp³-hybridized carbons (Fsp3) is 0.286. The van der Waals surface area contributed by atoms with Gasteiger partial charge < -0.3 is 0 Å². The molecule has 60 valence electrons. The van der Waals surface area contributed by atoms with Crippen LogP contribution in [0.25, 0.3) is 0 Å². The molecule has 0 saturated heterocycles. The molecular weight excluding hydrogens is 338 g/mol. The quantitative estimate of drug-likeness (QED) is 0.590. The highest BCUT2D eigenvalue weighted by Crippen LogP contribution is 2.18. The van der Waals surface area contributed by atoms with Gasteiger partial charge in [0.15, 0.2) is 0 Å². The van der Waals surface area contributed by atoms with Crippen molar-refractivity contribution in [3.63, 3.8) is 0 Å². The lowest BCUT2D eigenvalue weighted by molar-refractivity contribution is 1.12. The van der Waals surface area contributed by atoms with E-state index in [0.29, 0.717) is 0 Å². The van der Waals surface area contributed by atoms with E-state index in [0.717, 1.165) is 21.0 Å². The zero-order valence-electron chi connectivity index (χ0n) is 5.65. The van der Waals surface area contributed by atoms with Crippen molar-refractivity contribution in [1.82, 2.24) is 4.98 Å². The number of hydrogen-bond acceptors (Lipinski definition) is 1. The highest BCUT2D eigenvalue weighted by Gasteiger charge is 1.99. The Labute approximate surface area is 91.0 Å². The van der Waals surface area contributed by atoms with Crippen molar-refractivity contribution < 1.29 is 0 Å². The van der Waals surface area contributed by atoms with E-state index >= 15 is 0 Å². The first-order valence-electron chi connectivity index (χ1n) is 3.04. The first kappa shape index (κ1) is 9.68. The van der Waals surface area contributed by atoms with Crippen LogP contribution in [0.3, 0.4) is 0 Å². The SMILES string of the molecule is BrCc1ccc(CBr)c(Br)n1. The Morgan fingerprint density at radius 1 is 1.18 bits per heavy atom. The Kier molecular flexibility index (Phi) is 4.02. The van der Waals surface area contributed by atoms with Crippen LogP contribution >= 0.6 is 47.8 Å².